The van der Waals surface area contributed by atoms with Gasteiger partial charge in [0.2, 0.25) is 5.91 Å². The first-order valence-electron chi connectivity index (χ1n) is 12.9. The van der Waals surface area contributed by atoms with Gasteiger partial charge in [0.05, 0.1) is 26.5 Å². The fraction of sp³-hybridized carbons (Fsp3) is 0.448. The third-order valence-electron chi connectivity index (χ3n) is 6.92. The van der Waals surface area contributed by atoms with Crippen molar-refractivity contribution in [1.29, 1.82) is 0 Å². The molecule has 1 amide bonds. The Morgan fingerprint density at radius 1 is 1.05 bits per heavy atom. The summed E-state index contributed by atoms with van der Waals surface area (Å²) in [6.07, 6.45) is 5.39. The predicted molar refractivity (Wildman–Crippen MR) is 145 cm³/mol. The van der Waals surface area contributed by atoms with Gasteiger partial charge in [0.25, 0.3) is 0 Å². The van der Waals surface area contributed by atoms with E-state index in [1.165, 1.54) is 12.5 Å². The Hall–Kier alpha value is -3.56. The molecule has 2 heterocycles. The van der Waals surface area contributed by atoms with Crippen molar-refractivity contribution in [3.05, 3.63) is 71.8 Å². The van der Waals surface area contributed by atoms with Crippen LogP contribution in [0.4, 0.5) is 0 Å². The molecule has 2 aromatic carbocycles. The van der Waals surface area contributed by atoms with E-state index in [9.17, 15) is 9.90 Å². The molecular formula is C29H38N4O5. The number of rotatable bonds is 10. The molecular weight excluding hydrogens is 484 g/mol. The highest BCUT2D eigenvalue weighted by Gasteiger charge is 2.37. The summed E-state index contributed by atoms with van der Waals surface area (Å²) in [4.78, 5) is 20.2. The van der Waals surface area contributed by atoms with Gasteiger partial charge in [0.1, 0.15) is 24.6 Å². The van der Waals surface area contributed by atoms with Crippen LogP contribution in [0.1, 0.15) is 23.6 Å². The van der Waals surface area contributed by atoms with Crippen LogP contribution in [0.2, 0.25) is 0 Å². The van der Waals surface area contributed by atoms with Crippen LogP contribution in [0.15, 0.2) is 55.1 Å². The van der Waals surface area contributed by atoms with Gasteiger partial charge in [-0.05, 0) is 54.8 Å². The predicted octanol–water partition coefficient (Wildman–Crippen LogP) is 3.06. The van der Waals surface area contributed by atoms with E-state index in [4.69, 9.17) is 14.2 Å². The van der Waals surface area contributed by atoms with E-state index in [1.54, 1.807) is 24.5 Å². The van der Waals surface area contributed by atoms with Crippen LogP contribution in [0.3, 0.4) is 0 Å². The Morgan fingerprint density at radius 2 is 1.89 bits per heavy atom. The molecule has 4 rings (SSSR count). The minimum Gasteiger partial charge on any atom is -0.493 e. The van der Waals surface area contributed by atoms with Gasteiger partial charge >= 0.3 is 0 Å². The zero-order valence-corrected chi connectivity index (χ0v) is 22.7. The van der Waals surface area contributed by atoms with Gasteiger partial charge in [-0.3, -0.25) is 9.69 Å². The summed E-state index contributed by atoms with van der Waals surface area (Å²) in [5, 5.41) is 11.6. The summed E-state index contributed by atoms with van der Waals surface area (Å²) in [5.74, 6) is 1.98. The standard InChI is InChI=1S/C29H38N4O5/c1-22-5-7-26(15-23(22)2)38-20-29(35)18-32(11-12-33(19-29)24(3)34)17-25-6-8-27(36-4)28(16-25)37-14-13-31-10-9-30-21-31/h5-10,15-16,21,35H,11-14,17-20H2,1-4H3. The summed E-state index contributed by atoms with van der Waals surface area (Å²) in [7, 11) is 1.62. The van der Waals surface area contributed by atoms with Crippen LogP contribution in [-0.2, 0) is 17.9 Å². The van der Waals surface area contributed by atoms with Crippen molar-refractivity contribution in [2.75, 3.05) is 46.5 Å². The van der Waals surface area contributed by atoms with Gasteiger partial charge in [-0.15, -0.1) is 0 Å². The second kappa shape index (κ2) is 12.3. The molecule has 1 aliphatic heterocycles. The Morgan fingerprint density at radius 3 is 2.61 bits per heavy atom. The Bertz CT molecular complexity index is 1220. The number of aliphatic hydroxyl groups is 1. The molecule has 1 aliphatic rings. The van der Waals surface area contributed by atoms with Gasteiger partial charge in [-0.1, -0.05) is 12.1 Å². The van der Waals surface area contributed by atoms with Crippen molar-refractivity contribution < 1.29 is 24.1 Å². The lowest BCUT2D eigenvalue weighted by Crippen LogP contribution is -2.51. The molecule has 0 radical (unpaired) electrons. The highest BCUT2D eigenvalue weighted by Crippen LogP contribution is 2.29. The Labute approximate surface area is 224 Å². The molecule has 1 saturated heterocycles. The highest BCUT2D eigenvalue weighted by atomic mass is 16.5. The highest BCUT2D eigenvalue weighted by molar-refractivity contribution is 5.73. The topological polar surface area (TPSA) is 89.3 Å². The zero-order valence-electron chi connectivity index (χ0n) is 22.7. The number of hydrogen-bond acceptors (Lipinski definition) is 7. The minimum absolute atomic E-state index is 0.0607. The van der Waals surface area contributed by atoms with Crippen molar-refractivity contribution in [1.82, 2.24) is 19.4 Å². The molecule has 9 heteroatoms. The van der Waals surface area contributed by atoms with Crippen LogP contribution in [0.25, 0.3) is 0 Å². The molecule has 1 unspecified atom stereocenters. The number of hydrogen-bond donors (Lipinski definition) is 1. The van der Waals surface area contributed by atoms with E-state index in [0.29, 0.717) is 56.6 Å². The summed E-state index contributed by atoms with van der Waals surface area (Å²) in [6, 6.07) is 11.8. The van der Waals surface area contributed by atoms with Gasteiger partial charge in [0, 0.05) is 45.5 Å². The third kappa shape index (κ3) is 7.26. The fourth-order valence-electron chi connectivity index (χ4n) is 4.63. The number of amides is 1. The van der Waals surface area contributed by atoms with Crippen LogP contribution in [-0.4, -0.2) is 82.5 Å². The van der Waals surface area contributed by atoms with Gasteiger partial charge in [0.15, 0.2) is 11.5 Å². The third-order valence-corrected chi connectivity index (χ3v) is 6.92. The molecule has 0 saturated carbocycles. The number of benzene rings is 2. The minimum atomic E-state index is -1.22. The maximum atomic E-state index is 12.3. The summed E-state index contributed by atoms with van der Waals surface area (Å²) in [6.45, 7) is 9.19. The van der Waals surface area contributed by atoms with Crippen molar-refractivity contribution in [2.45, 2.75) is 39.5 Å². The second-order valence-electron chi connectivity index (χ2n) is 10.0. The first-order chi connectivity index (χ1) is 18.2. The maximum absolute atomic E-state index is 12.3. The molecule has 1 aromatic heterocycles. The van der Waals surface area contributed by atoms with Gasteiger partial charge in [-0.25, -0.2) is 4.98 Å². The van der Waals surface area contributed by atoms with E-state index < -0.39 is 5.60 Å². The van der Waals surface area contributed by atoms with Crippen LogP contribution >= 0.6 is 0 Å². The lowest BCUT2D eigenvalue weighted by atomic mass is 10.0. The largest absolute Gasteiger partial charge is 0.493 e. The van der Waals surface area contributed by atoms with Crippen molar-refractivity contribution >= 4 is 5.91 Å². The average molecular weight is 523 g/mol. The number of carbonyl (C=O) groups is 1. The number of β-amino-alcohol motifs (C(OH)–C–C–N with tert-alkyl or cyclic N) is 1. The van der Waals surface area contributed by atoms with E-state index in [1.807, 2.05) is 54.1 Å². The number of carbonyl (C=O) groups excluding carboxylic acids is 1. The van der Waals surface area contributed by atoms with Gasteiger partial charge < -0.3 is 28.8 Å². The second-order valence-corrected chi connectivity index (χ2v) is 10.0. The van der Waals surface area contributed by atoms with Crippen molar-refractivity contribution in [3.63, 3.8) is 0 Å². The number of imidazole rings is 1. The van der Waals surface area contributed by atoms with Crippen molar-refractivity contribution in [3.8, 4) is 17.2 Å². The summed E-state index contributed by atoms with van der Waals surface area (Å²) < 4.78 is 19.5. The first kappa shape index (κ1) is 27.5. The lowest BCUT2D eigenvalue weighted by molar-refractivity contribution is -0.132. The number of aryl methyl sites for hydroxylation is 2. The maximum Gasteiger partial charge on any atom is 0.219 e. The SMILES string of the molecule is COc1ccc(CN2CCN(C(C)=O)CC(O)(COc3ccc(C)c(C)c3)C2)cc1OCCn1ccnc1. The smallest absolute Gasteiger partial charge is 0.219 e. The molecule has 204 valence electrons. The Balaban J connectivity index is 1.45. The number of aromatic nitrogens is 2. The molecule has 1 N–H and O–H groups in total. The molecule has 1 fully saturated rings. The molecule has 3 aromatic rings. The summed E-state index contributed by atoms with van der Waals surface area (Å²) >= 11 is 0. The molecule has 0 bridgehead atoms. The molecule has 0 aliphatic carbocycles. The molecule has 0 spiro atoms. The van der Waals surface area contributed by atoms with E-state index in [0.717, 1.165) is 11.1 Å². The van der Waals surface area contributed by atoms with E-state index in [-0.39, 0.29) is 19.1 Å². The number of ether oxygens (including phenoxy) is 3. The first-order valence-corrected chi connectivity index (χ1v) is 12.9. The van der Waals surface area contributed by atoms with Crippen LogP contribution in [0.5, 0.6) is 17.2 Å². The Kier molecular flexibility index (Phi) is 8.91. The van der Waals surface area contributed by atoms with E-state index in [2.05, 4.69) is 16.8 Å². The molecule has 1 atom stereocenters. The van der Waals surface area contributed by atoms with Crippen molar-refractivity contribution in [2.24, 2.45) is 0 Å². The number of nitrogens with zero attached hydrogens (tertiary/aromatic N) is 4. The summed E-state index contributed by atoms with van der Waals surface area (Å²) in [5.41, 5.74) is 2.11. The van der Waals surface area contributed by atoms with Gasteiger partial charge in [-0.2, -0.15) is 0 Å². The van der Waals surface area contributed by atoms with Crippen LogP contribution < -0.4 is 14.2 Å². The molecule has 9 nitrogen and oxygen atoms in total. The fourth-order valence-corrected chi connectivity index (χ4v) is 4.63. The quantitative estimate of drug-likeness (QED) is 0.438. The zero-order chi connectivity index (χ0) is 27.1. The average Bonchev–Trinajstić information content (AvgIpc) is 3.34. The normalized spacial score (nSPS) is 18.2. The van der Waals surface area contributed by atoms with Crippen LogP contribution in [0, 0.1) is 13.8 Å². The molecule has 38 heavy (non-hydrogen) atoms. The lowest BCUT2D eigenvalue weighted by Gasteiger charge is -2.33. The number of methoxy groups -OCH3 is 1. The monoisotopic (exact) mass is 522 g/mol. The van der Waals surface area contributed by atoms with E-state index >= 15 is 0 Å².